The molecule has 9 heteroatoms. The lowest BCUT2D eigenvalue weighted by atomic mass is 10.0. The fourth-order valence-corrected chi connectivity index (χ4v) is 9.84. The lowest BCUT2D eigenvalue weighted by Gasteiger charge is -2.29. The zero-order valence-corrected chi connectivity index (χ0v) is 51.3. The number of amides is 1. The first kappa shape index (κ1) is 73.7. The number of aliphatic hydroxyl groups is 1. The molecule has 0 heterocycles. The van der Waals surface area contributed by atoms with E-state index in [1.165, 1.54) is 193 Å². The molecule has 442 valence electrons. The number of nitrogens with one attached hydrogen (secondary N) is 1. The molecule has 0 saturated heterocycles. The molecule has 8 nitrogen and oxygen atoms in total. The molecule has 0 aliphatic carbocycles. The quantitative estimate of drug-likeness (QED) is 0.0272. The molecule has 0 fully saturated rings. The van der Waals surface area contributed by atoms with Gasteiger partial charge in [-0.25, -0.2) is 0 Å². The summed E-state index contributed by atoms with van der Waals surface area (Å²) in [6, 6.07) is -0.914. The van der Waals surface area contributed by atoms with Crippen molar-refractivity contribution in [1.82, 2.24) is 5.32 Å². The van der Waals surface area contributed by atoms with E-state index in [0.29, 0.717) is 17.4 Å². The standard InChI is InChI=1S/C67H123N2O6P/c1-6-8-10-12-14-16-18-20-22-24-26-28-30-31-32-33-34-35-36-37-39-41-43-45-47-49-51-53-55-57-59-61-67(71)68-65(64-75-76(72,73)74-63-62-69(3,4)5)66(70)60-58-56-54-52-50-48-46-44-42-40-38-29-27-25-23-21-19-17-15-13-11-9-7-2/h8,10,14,16,20,22,26,28,42,44,50,52,58,60,65-66,70H,6-7,9,11-13,15,17-19,21,23-25,27,29-41,43,45-49,51,53-57,59,61-64H2,1-5H3,(H-,68,71,72,73)/b10-8-,16-14-,22-20-,28-26-,44-42+,52-50+,60-58+. The van der Waals surface area contributed by atoms with Gasteiger partial charge in [0.05, 0.1) is 39.9 Å². The van der Waals surface area contributed by atoms with Crippen molar-refractivity contribution in [3.8, 4) is 0 Å². The molecule has 0 aliphatic rings. The zero-order valence-electron chi connectivity index (χ0n) is 50.4. The van der Waals surface area contributed by atoms with E-state index in [2.05, 4.69) is 92.1 Å². The molecule has 76 heavy (non-hydrogen) atoms. The third-order valence-electron chi connectivity index (χ3n) is 14.1. The highest BCUT2D eigenvalue weighted by Crippen LogP contribution is 2.38. The van der Waals surface area contributed by atoms with Gasteiger partial charge in [0.1, 0.15) is 13.2 Å². The van der Waals surface area contributed by atoms with Gasteiger partial charge in [0, 0.05) is 6.42 Å². The van der Waals surface area contributed by atoms with Crippen LogP contribution >= 0.6 is 7.82 Å². The van der Waals surface area contributed by atoms with Crippen LogP contribution in [0.2, 0.25) is 0 Å². The van der Waals surface area contributed by atoms with E-state index in [-0.39, 0.29) is 12.5 Å². The van der Waals surface area contributed by atoms with Crippen LogP contribution in [0.25, 0.3) is 0 Å². The highest BCUT2D eigenvalue weighted by atomic mass is 31.2. The normalized spacial score (nSPS) is 14.4. The van der Waals surface area contributed by atoms with Crippen molar-refractivity contribution < 1.29 is 32.9 Å². The highest BCUT2D eigenvalue weighted by Gasteiger charge is 2.23. The second kappa shape index (κ2) is 57.4. The van der Waals surface area contributed by atoms with E-state index in [9.17, 15) is 19.4 Å². The van der Waals surface area contributed by atoms with Crippen molar-refractivity contribution in [2.24, 2.45) is 0 Å². The number of quaternary nitrogens is 1. The minimum atomic E-state index is -4.62. The van der Waals surface area contributed by atoms with E-state index >= 15 is 0 Å². The molecule has 3 atom stereocenters. The van der Waals surface area contributed by atoms with Crippen LogP contribution in [0.5, 0.6) is 0 Å². The van der Waals surface area contributed by atoms with Gasteiger partial charge in [-0.2, -0.15) is 0 Å². The fraction of sp³-hybridized carbons (Fsp3) is 0.776. The molecule has 0 saturated carbocycles. The number of rotatable bonds is 58. The van der Waals surface area contributed by atoms with Gasteiger partial charge in [-0.05, 0) is 83.5 Å². The fourth-order valence-electron chi connectivity index (χ4n) is 9.12. The number of carbonyl (C=O) groups is 1. The molecule has 1 amide bonds. The van der Waals surface area contributed by atoms with Crippen molar-refractivity contribution >= 4 is 13.7 Å². The number of phosphoric ester groups is 1. The van der Waals surface area contributed by atoms with E-state index in [1.807, 2.05) is 27.2 Å². The van der Waals surface area contributed by atoms with Crippen molar-refractivity contribution in [2.75, 3.05) is 40.9 Å². The van der Waals surface area contributed by atoms with Gasteiger partial charge in [0.25, 0.3) is 7.82 Å². The first-order chi connectivity index (χ1) is 37.0. The molecular weight excluding hydrogens is 960 g/mol. The van der Waals surface area contributed by atoms with Crippen molar-refractivity contribution in [1.29, 1.82) is 0 Å². The molecule has 0 aromatic carbocycles. The first-order valence-corrected chi connectivity index (χ1v) is 33.4. The van der Waals surface area contributed by atoms with Crippen LogP contribution in [0, 0.1) is 0 Å². The Hall–Kier alpha value is -2.32. The average Bonchev–Trinajstić information content (AvgIpc) is 3.38. The number of aliphatic hydroxyl groups excluding tert-OH is 1. The van der Waals surface area contributed by atoms with E-state index in [4.69, 9.17) is 9.05 Å². The van der Waals surface area contributed by atoms with Crippen LogP contribution in [-0.2, 0) is 18.4 Å². The Kier molecular flexibility index (Phi) is 55.6. The second-order valence-electron chi connectivity index (χ2n) is 22.7. The summed E-state index contributed by atoms with van der Waals surface area (Å²) in [7, 11) is 1.24. The second-order valence-corrected chi connectivity index (χ2v) is 24.1. The number of hydrogen-bond donors (Lipinski definition) is 2. The number of carbonyl (C=O) groups excluding carboxylic acids is 1. The van der Waals surface area contributed by atoms with Gasteiger partial charge in [-0.15, -0.1) is 0 Å². The lowest BCUT2D eigenvalue weighted by molar-refractivity contribution is -0.870. The summed E-state index contributed by atoms with van der Waals surface area (Å²) in [6.07, 6.45) is 81.1. The van der Waals surface area contributed by atoms with Crippen LogP contribution < -0.4 is 10.2 Å². The molecular formula is C67H123N2O6P. The summed E-state index contributed by atoms with van der Waals surface area (Å²) >= 11 is 0. The summed E-state index contributed by atoms with van der Waals surface area (Å²) in [4.78, 5) is 25.6. The summed E-state index contributed by atoms with van der Waals surface area (Å²) in [5, 5.41) is 13.9. The van der Waals surface area contributed by atoms with Gasteiger partial charge in [0.2, 0.25) is 5.91 Å². The van der Waals surface area contributed by atoms with E-state index in [0.717, 1.165) is 70.6 Å². The van der Waals surface area contributed by atoms with Gasteiger partial charge in [-0.1, -0.05) is 279 Å². The smallest absolute Gasteiger partial charge is 0.268 e. The number of unbranched alkanes of at least 4 members (excludes halogenated alkanes) is 33. The van der Waals surface area contributed by atoms with Crippen LogP contribution in [0.15, 0.2) is 85.1 Å². The van der Waals surface area contributed by atoms with E-state index in [1.54, 1.807) is 6.08 Å². The van der Waals surface area contributed by atoms with Crippen molar-refractivity contribution in [3.63, 3.8) is 0 Å². The Morgan fingerprint density at radius 3 is 1.22 bits per heavy atom. The van der Waals surface area contributed by atoms with Crippen molar-refractivity contribution in [2.45, 2.75) is 296 Å². The number of nitrogens with zero attached hydrogens (tertiary/aromatic N) is 1. The summed E-state index contributed by atoms with van der Waals surface area (Å²) in [5.74, 6) is -0.210. The first-order valence-electron chi connectivity index (χ1n) is 31.9. The maximum atomic E-state index is 13.0. The topological polar surface area (TPSA) is 108 Å². The number of allylic oxidation sites excluding steroid dienone is 13. The summed E-state index contributed by atoms with van der Waals surface area (Å²) in [6.45, 7) is 4.53. The molecule has 0 spiro atoms. The maximum absolute atomic E-state index is 13.0. The Morgan fingerprint density at radius 1 is 0.474 bits per heavy atom. The SMILES string of the molecule is CC/C=C\C/C=C\C/C=C\C/C=C\CCCCCCCCCCCCCCCCCCCCC(=O)NC(COP(=O)([O-])OCC[N+](C)(C)C)C(O)/C=C/CC/C=C/CC/C=C/CCCCCCCCCCCCCCC. The van der Waals surface area contributed by atoms with Gasteiger partial charge in [-0.3, -0.25) is 9.36 Å². The number of hydrogen-bond acceptors (Lipinski definition) is 6. The van der Waals surface area contributed by atoms with Gasteiger partial charge in [0.15, 0.2) is 0 Å². The zero-order chi connectivity index (χ0) is 55.6. The summed E-state index contributed by atoms with van der Waals surface area (Å²) < 4.78 is 23.4. The molecule has 0 radical (unpaired) electrons. The highest BCUT2D eigenvalue weighted by molar-refractivity contribution is 7.45. The number of phosphoric acid groups is 1. The van der Waals surface area contributed by atoms with E-state index < -0.39 is 26.6 Å². The summed E-state index contributed by atoms with van der Waals surface area (Å²) in [5.41, 5.74) is 0. The van der Waals surface area contributed by atoms with Crippen LogP contribution in [0.1, 0.15) is 284 Å². The number of likely N-dealkylation sites (N-methyl/N-ethyl adjacent to an activating group) is 1. The van der Waals surface area contributed by atoms with Gasteiger partial charge < -0.3 is 28.8 Å². The predicted molar refractivity (Wildman–Crippen MR) is 330 cm³/mol. The molecule has 0 aromatic rings. The predicted octanol–water partition coefficient (Wildman–Crippen LogP) is 19.4. The molecule has 0 aromatic heterocycles. The van der Waals surface area contributed by atoms with Crippen molar-refractivity contribution in [3.05, 3.63) is 85.1 Å². The monoisotopic (exact) mass is 1080 g/mol. The Bertz CT molecular complexity index is 1510. The molecule has 2 N–H and O–H groups in total. The minimum absolute atomic E-state index is 0.0107. The minimum Gasteiger partial charge on any atom is -0.756 e. The Labute approximate surface area is 471 Å². The molecule has 0 rings (SSSR count). The van der Waals surface area contributed by atoms with Gasteiger partial charge >= 0.3 is 0 Å². The third-order valence-corrected chi connectivity index (χ3v) is 15.0. The third kappa shape index (κ3) is 59.3. The Balaban J connectivity index is 4.16. The average molecular weight is 1080 g/mol. The molecule has 0 bridgehead atoms. The lowest BCUT2D eigenvalue weighted by Crippen LogP contribution is -2.45. The Morgan fingerprint density at radius 2 is 0.816 bits per heavy atom. The maximum Gasteiger partial charge on any atom is 0.268 e. The largest absolute Gasteiger partial charge is 0.756 e. The van der Waals surface area contributed by atoms with Crippen LogP contribution in [0.4, 0.5) is 0 Å². The molecule has 0 aliphatic heterocycles. The van der Waals surface area contributed by atoms with Crippen LogP contribution in [-0.4, -0.2) is 68.5 Å². The molecule has 3 unspecified atom stereocenters. The van der Waals surface area contributed by atoms with Crippen LogP contribution in [0.3, 0.4) is 0 Å².